The highest BCUT2D eigenvalue weighted by Gasteiger charge is 2.36. The summed E-state index contributed by atoms with van der Waals surface area (Å²) in [5, 5.41) is 0. The number of ketones is 1. The number of likely N-dealkylation sites (tertiary alicyclic amines) is 1. The van der Waals surface area contributed by atoms with Gasteiger partial charge in [0.2, 0.25) is 0 Å². The van der Waals surface area contributed by atoms with Gasteiger partial charge in [0.15, 0.2) is 5.78 Å². The van der Waals surface area contributed by atoms with Gasteiger partial charge in [-0.2, -0.15) is 0 Å². The number of nitrogens with zero attached hydrogens (tertiary/aromatic N) is 1. The van der Waals surface area contributed by atoms with Gasteiger partial charge in [0.25, 0.3) is 5.91 Å². The Labute approximate surface area is 148 Å². The molecule has 1 aliphatic heterocycles. The Morgan fingerprint density at radius 1 is 1.00 bits per heavy atom. The molecule has 4 heteroatoms. The molecule has 2 N–H and O–H groups in total. The van der Waals surface area contributed by atoms with E-state index in [1.165, 1.54) is 0 Å². The van der Waals surface area contributed by atoms with Crippen LogP contribution in [0, 0.1) is 5.41 Å². The molecule has 25 heavy (non-hydrogen) atoms. The van der Waals surface area contributed by atoms with Gasteiger partial charge in [-0.1, -0.05) is 62.4 Å². The molecule has 0 radical (unpaired) electrons. The predicted molar refractivity (Wildman–Crippen MR) is 98.6 cm³/mol. The van der Waals surface area contributed by atoms with Gasteiger partial charge in [-0.05, 0) is 17.9 Å². The van der Waals surface area contributed by atoms with Crippen molar-refractivity contribution in [3.05, 3.63) is 71.3 Å². The van der Waals surface area contributed by atoms with E-state index in [4.69, 9.17) is 5.73 Å². The Morgan fingerprint density at radius 2 is 1.60 bits per heavy atom. The number of hydrogen-bond acceptors (Lipinski definition) is 3. The quantitative estimate of drug-likeness (QED) is 0.876. The van der Waals surface area contributed by atoms with Crippen LogP contribution in [0.3, 0.4) is 0 Å². The zero-order valence-corrected chi connectivity index (χ0v) is 14.7. The fourth-order valence-corrected chi connectivity index (χ4v) is 3.33. The zero-order chi connectivity index (χ0) is 18.0. The molecule has 2 aromatic rings. The fourth-order valence-electron chi connectivity index (χ4n) is 3.33. The molecular formula is C21H24N2O2. The van der Waals surface area contributed by atoms with Gasteiger partial charge >= 0.3 is 0 Å². The van der Waals surface area contributed by atoms with E-state index in [1.54, 1.807) is 36.4 Å². The summed E-state index contributed by atoms with van der Waals surface area (Å²) >= 11 is 0. The van der Waals surface area contributed by atoms with Crippen molar-refractivity contribution in [1.82, 2.24) is 4.90 Å². The molecule has 1 heterocycles. The van der Waals surface area contributed by atoms with Gasteiger partial charge in [0.1, 0.15) is 0 Å². The molecule has 0 saturated carbocycles. The fraction of sp³-hybridized carbons (Fsp3) is 0.333. The Morgan fingerprint density at radius 3 is 2.24 bits per heavy atom. The van der Waals surface area contributed by atoms with Crippen LogP contribution in [0.2, 0.25) is 0 Å². The highest BCUT2D eigenvalue weighted by atomic mass is 16.2. The highest BCUT2D eigenvalue weighted by molar-refractivity contribution is 6.15. The first-order valence-corrected chi connectivity index (χ1v) is 8.64. The number of amides is 1. The Kier molecular flexibility index (Phi) is 4.73. The molecular weight excluding hydrogens is 312 g/mol. The van der Waals surface area contributed by atoms with Crippen LogP contribution in [0.15, 0.2) is 54.6 Å². The molecule has 1 fully saturated rings. The average Bonchev–Trinajstić information content (AvgIpc) is 2.63. The number of carbonyl (C=O) groups is 2. The van der Waals surface area contributed by atoms with Crippen LogP contribution in [-0.2, 0) is 0 Å². The van der Waals surface area contributed by atoms with Crippen LogP contribution in [0.1, 0.15) is 46.5 Å². The molecule has 0 spiro atoms. The third kappa shape index (κ3) is 3.49. The van der Waals surface area contributed by atoms with E-state index in [9.17, 15) is 9.59 Å². The van der Waals surface area contributed by atoms with E-state index >= 15 is 0 Å². The van der Waals surface area contributed by atoms with Crippen LogP contribution in [0.25, 0.3) is 0 Å². The SMILES string of the molecule is CC1(C)CN(C(=O)c2ccccc2C(=O)c2ccccc2)CCC1N. The highest BCUT2D eigenvalue weighted by Crippen LogP contribution is 2.29. The van der Waals surface area contributed by atoms with E-state index in [2.05, 4.69) is 13.8 Å². The standard InChI is InChI=1S/C21H24N2O2/c1-21(2)14-23(13-12-18(21)22)20(25)17-11-7-6-10-16(17)19(24)15-8-4-3-5-9-15/h3-11,18H,12-14,22H2,1-2H3. The van der Waals surface area contributed by atoms with Crippen molar-refractivity contribution in [2.24, 2.45) is 11.1 Å². The van der Waals surface area contributed by atoms with Crippen LogP contribution >= 0.6 is 0 Å². The lowest BCUT2D eigenvalue weighted by Crippen LogP contribution is -2.54. The van der Waals surface area contributed by atoms with Gasteiger partial charge in [0.05, 0.1) is 5.56 Å². The first-order valence-electron chi connectivity index (χ1n) is 8.64. The lowest BCUT2D eigenvalue weighted by atomic mass is 9.79. The maximum absolute atomic E-state index is 13.1. The molecule has 1 aliphatic rings. The topological polar surface area (TPSA) is 63.4 Å². The summed E-state index contributed by atoms with van der Waals surface area (Å²) in [5.74, 6) is -0.225. The molecule has 3 rings (SSSR count). The predicted octanol–water partition coefficient (Wildman–Crippen LogP) is 3.12. The van der Waals surface area contributed by atoms with Gasteiger partial charge < -0.3 is 10.6 Å². The van der Waals surface area contributed by atoms with Gasteiger partial charge in [-0.15, -0.1) is 0 Å². The van der Waals surface area contributed by atoms with Gasteiger partial charge in [0, 0.05) is 30.3 Å². The van der Waals surface area contributed by atoms with E-state index in [0.717, 1.165) is 6.42 Å². The van der Waals surface area contributed by atoms with Crippen LogP contribution < -0.4 is 5.73 Å². The van der Waals surface area contributed by atoms with Gasteiger partial charge in [-0.3, -0.25) is 9.59 Å². The van der Waals surface area contributed by atoms with Crippen LogP contribution in [0.4, 0.5) is 0 Å². The molecule has 0 aliphatic carbocycles. The smallest absolute Gasteiger partial charge is 0.254 e. The normalized spacial score (nSPS) is 19.5. The maximum atomic E-state index is 13.1. The van der Waals surface area contributed by atoms with Crippen molar-refractivity contribution >= 4 is 11.7 Å². The summed E-state index contributed by atoms with van der Waals surface area (Å²) in [6.07, 6.45) is 0.771. The van der Waals surface area contributed by atoms with Crippen molar-refractivity contribution in [3.63, 3.8) is 0 Å². The number of rotatable bonds is 3. The minimum atomic E-state index is -0.133. The zero-order valence-electron chi connectivity index (χ0n) is 14.7. The number of piperidine rings is 1. The van der Waals surface area contributed by atoms with Crippen molar-refractivity contribution in [3.8, 4) is 0 Å². The van der Waals surface area contributed by atoms with Crippen molar-refractivity contribution in [2.75, 3.05) is 13.1 Å². The summed E-state index contributed by atoms with van der Waals surface area (Å²) in [6.45, 7) is 5.38. The third-order valence-corrected chi connectivity index (χ3v) is 5.04. The average molecular weight is 336 g/mol. The largest absolute Gasteiger partial charge is 0.338 e. The Bertz CT molecular complexity index is 783. The van der Waals surface area contributed by atoms with Crippen molar-refractivity contribution in [1.29, 1.82) is 0 Å². The minimum Gasteiger partial charge on any atom is -0.338 e. The monoisotopic (exact) mass is 336 g/mol. The first-order chi connectivity index (χ1) is 11.9. The van der Waals surface area contributed by atoms with E-state index in [1.807, 2.05) is 23.1 Å². The molecule has 1 amide bonds. The van der Waals surface area contributed by atoms with Crippen LogP contribution in [0.5, 0.6) is 0 Å². The number of hydrogen-bond donors (Lipinski definition) is 1. The molecule has 2 aromatic carbocycles. The summed E-state index contributed by atoms with van der Waals surface area (Å²) in [7, 11) is 0. The number of benzene rings is 2. The molecule has 0 bridgehead atoms. The molecule has 1 saturated heterocycles. The summed E-state index contributed by atoms with van der Waals surface area (Å²) < 4.78 is 0. The maximum Gasteiger partial charge on any atom is 0.254 e. The Hall–Kier alpha value is -2.46. The second-order valence-electron chi connectivity index (χ2n) is 7.35. The number of nitrogens with two attached hydrogens (primary N) is 1. The van der Waals surface area contributed by atoms with Crippen LogP contribution in [-0.4, -0.2) is 35.7 Å². The lowest BCUT2D eigenvalue weighted by molar-refractivity contribution is 0.0531. The second kappa shape index (κ2) is 6.81. The van der Waals surface area contributed by atoms with E-state index < -0.39 is 0 Å². The molecule has 0 aromatic heterocycles. The first kappa shape index (κ1) is 17.4. The summed E-state index contributed by atoms with van der Waals surface area (Å²) in [5.41, 5.74) is 7.54. The molecule has 130 valence electrons. The summed E-state index contributed by atoms with van der Waals surface area (Å²) in [6, 6.07) is 16.2. The Balaban J connectivity index is 1.91. The second-order valence-corrected chi connectivity index (χ2v) is 7.35. The number of carbonyl (C=O) groups excluding carboxylic acids is 2. The van der Waals surface area contributed by atoms with Gasteiger partial charge in [-0.25, -0.2) is 0 Å². The van der Waals surface area contributed by atoms with E-state index in [-0.39, 0.29) is 23.1 Å². The lowest BCUT2D eigenvalue weighted by Gasteiger charge is -2.42. The third-order valence-electron chi connectivity index (χ3n) is 5.04. The van der Waals surface area contributed by atoms with Crippen molar-refractivity contribution < 1.29 is 9.59 Å². The van der Waals surface area contributed by atoms with Crippen molar-refractivity contribution in [2.45, 2.75) is 26.3 Å². The van der Waals surface area contributed by atoms with E-state index in [0.29, 0.717) is 29.8 Å². The summed E-state index contributed by atoms with van der Waals surface area (Å²) in [4.78, 5) is 27.7. The minimum absolute atomic E-state index is 0.0812. The molecule has 4 nitrogen and oxygen atoms in total. The molecule has 1 unspecified atom stereocenters. The molecule has 1 atom stereocenters.